The lowest BCUT2D eigenvalue weighted by molar-refractivity contribution is -0.432. The van der Waals surface area contributed by atoms with Crippen molar-refractivity contribution >= 4 is 51.3 Å². The molecule has 0 bridgehead atoms. The highest BCUT2D eigenvalue weighted by atomic mass is 35.5. The normalized spacial score (nSPS) is 11.4. The highest BCUT2D eigenvalue weighted by molar-refractivity contribution is 7.94. The van der Waals surface area contributed by atoms with Crippen molar-refractivity contribution in [1.29, 1.82) is 0 Å². The minimum Gasteiger partial charge on any atom is -0.353 e. The molecular formula is C12H14ClN5O6S2. The van der Waals surface area contributed by atoms with Crippen LogP contribution in [0.15, 0.2) is 23.1 Å². The Bertz CT molecular complexity index is 869. The highest BCUT2D eigenvalue weighted by Crippen LogP contribution is 2.27. The lowest BCUT2D eigenvalue weighted by atomic mass is 10.2. The quantitative estimate of drug-likeness (QED) is 0.202. The minimum absolute atomic E-state index is 0.0496. The minimum atomic E-state index is -4.10. The van der Waals surface area contributed by atoms with E-state index >= 15 is 0 Å². The van der Waals surface area contributed by atoms with E-state index in [2.05, 4.69) is 35.0 Å². The number of hydrogen-bond donors (Lipinski definition) is 4. The van der Waals surface area contributed by atoms with Crippen LogP contribution in [0, 0.1) is 6.92 Å². The molecule has 0 unspecified atom stereocenters. The Hall–Kier alpha value is -1.74. The SMILES string of the molecule is Cc1cc(Nc2nc(Cl)nc(NCCS(=O)(=O)O)n2)ccc1SOOO. The van der Waals surface area contributed by atoms with E-state index in [1.807, 2.05) is 6.92 Å². The molecule has 14 heteroatoms. The van der Waals surface area contributed by atoms with E-state index in [0.29, 0.717) is 10.6 Å². The molecule has 26 heavy (non-hydrogen) atoms. The van der Waals surface area contributed by atoms with Crippen molar-refractivity contribution in [2.45, 2.75) is 11.8 Å². The molecule has 0 saturated carbocycles. The fraction of sp³-hybridized carbons (Fsp3) is 0.250. The molecule has 0 amide bonds. The maximum absolute atomic E-state index is 10.7. The number of aryl methyl sites for hydroxylation is 1. The van der Waals surface area contributed by atoms with E-state index in [4.69, 9.17) is 21.4 Å². The van der Waals surface area contributed by atoms with Crippen LogP contribution in [0.4, 0.5) is 17.6 Å². The van der Waals surface area contributed by atoms with E-state index in [-0.39, 0.29) is 23.7 Å². The van der Waals surface area contributed by atoms with Crippen LogP contribution >= 0.6 is 23.6 Å². The van der Waals surface area contributed by atoms with Gasteiger partial charge in [-0.15, -0.1) is 4.33 Å². The van der Waals surface area contributed by atoms with E-state index in [0.717, 1.165) is 17.6 Å². The Morgan fingerprint density at radius 2 is 2.00 bits per heavy atom. The molecule has 142 valence electrons. The van der Waals surface area contributed by atoms with Crippen LogP contribution in [0.1, 0.15) is 5.56 Å². The Kier molecular flexibility index (Phi) is 7.33. The zero-order chi connectivity index (χ0) is 19.2. The lowest BCUT2D eigenvalue weighted by Gasteiger charge is -2.10. The van der Waals surface area contributed by atoms with Crippen LogP contribution in [0.2, 0.25) is 5.28 Å². The van der Waals surface area contributed by atoms with Crippen molar-refractivity contribution in [3.05, 3.63) is 29.0 Å². The molecule has 1 aromatic heterocycles. The molecular weight excluding hydrogens is 410 g/mol. The number of benzene rings is 1. The number of aromatic nitrogens is 3. The molecule has 0 aliphatic heterocycles. The van der Waals surface area contributed by atoms with Gasteiger partial charge in [0, 0.05) is 17.1 Å². The summed E-state index contributed by atoms with van der Waals surface area (Å²) in [5, 5.41) is 17.2. The number of halogens is 1. The molecule has 2 aromatic rings. The largest absolute Gasteiger partial charge is 0.353 e. The third-order valence-corrected chi connectivity index (χ3v) is 4.49. The van der Waals surface area contributed by atoms with Gasteiger partial charge in [0.25, 0.3) is 10.1 Å². The van der Waals surface area contributed by atoms with Crippen LogP contribution in [0.25, 0.3) is 0 Å². The van der Waals surface area contributed by atoms with Gasteiger partial charge >= 0.3 is 0 Å². The summed E-state index contributed by atoms with van der Waals surface area (Å²) in [4.78, 5) is 12.5. The predicted octanol–water partition coefficient (Wildman–Crippen LogP) is 2.31. The summed E-state index contributed by atoms with van der Waals surface area (Å²) >= 11 is 6.67. The van der Waals surface area contributed by atoms with Gasteiger partial charge in [0.2, 0.25) is 17.2 Å². The summed E-state index contributed by atoms with van der Waals surface area (Å²) in [6.45, 7) is 1.72. The molecule has 0 spiro atoms. The molecule has 0 aliphatic carbocycles. The Labute approximate surface area is 157 Å². The van der Waals surface area contributed by atoms with Crippen LogP contribution < -0.4 is 10.6 Å². The van der Waals surface area contributed by atoms with E-state index in [1.54, 1.807) is 18.2 Å². The molecule has 0 fully saturated rings. The highest BCUT2D eigenvalue weighted by Gasteiger charge is 2.09. The van der Waals surface area contributed by atoms with Crippen LogP contribution in [-0.4, -0.2) is 45.5 Å². The third-order valence-electron chi connectivity index (χ3n) is 2.84. The predicted molar refractivity (Wildman–Crippen MR) is 94.9 cm³/mol. The molecule has 0 saturated heterocycles. The van der Waals surface area contributed by atoms with Crippen molar-refractivity contribution in [2.24, 2.45) is 0 Å². The second kappa shape index (κ2) is 9.27. The smallest absolute Gasteiger partial charge is 0.266 e. The Balaban J connectivity index is 2.08. The van der Waals surface area contributed by atoms with E-state index < -0.39 is 15.9 Å². The second-order valence-electron chi connectivity index (χ2n) is 4.80. The van der Waals surface area contributed by atoms with Crippen molar-refractivity contribution in [3.63, 3.8) is 0 Å². The zero-order valence-corrected chi connectivity index (χ0v) is 15.6. The van der Waals surface area contributed by atoms with Gasteiger partial charge in [0.1, 0.15) is 0 Å². The monoisotopic (exact) mass is 423 g/mol. The Morgan fingerprint density at radius 3 is 2.65 bits per heavy atom. The van der Waals surface area contributed by atoms with E-state index in [9.17, 15) is 8.42 Å². The first-order valence-corrected chi connectivity index (χ1v) is 9.63. The van der Waals surface area contributed by atoms with Crippen molar-refractivity contribution in [2.75, 3.05) is 22.9 Å². The molecule has 0 radical (unpaired) electrons. The third kappa shape index (κ3) is 6.87. The fourth-order valence-corrected chi connectivity index (χ4v) is 2.72. The molecule has 11 nitrogen and oxygen atoms in total. The first-order chi connectivity index (χ1) is 12.3. The average Bonchev–Trinajstić information content (AvgIpc) is 2.52. The fourth-order valence-electron chi connectivity index (χ4n) is 1.78. The van der Waals surface area contributed by atoms with Gasteiger partial charge in [0.05, 0.1) is 17.8 Å². The molecule has 2 rings (SSSR count). The van der Waals surface area contributed by atoms with E-state index in [1.165, 1.54) is 0 Å². The van der Waals surface area contributed by atoms with Gasteiger partial charge in [-0.3, -0.25) is 4.55 Å². The Morgan fingerprint density at radius 1 is 1.27 bits per heavy atom. The molecule has 1 heterocycles. The first-order valence-electron chi connectivity index (χ1n) is 6.90. The van der Waals surface area contributed by atoms with Gasteiger partial charge in [-0.05, 0) is 42.3 Å². The molecule has 0 atom stereocenters. The number of nitrogens with zero attached hydrogens (tertiary/aromatic N) is 3. The zero-order valence-electron chi connectivity index (χ0n) is 13.2. The number of hydrogen-bond acceptors (Lipinski definition) is 11. The maximum atomic E-state index is 10.7. The number of anilines is 3. The summed E-state index contributed by atoms with van der Waals surface area (Å²) in [5.74, 6) is -0.320. The van der Waals surface area contributed by atoms with Gasteiger partial charge in [-0.1, -0.05) is 5.04 Å². The average molecular weight is 424 g/mol. The van der Waals surface area contributed by atoms with Crippen LogP contribution in [0.5, 0.6) is 0 Å². The second-order valence-corrected chi connectivity index (χ2v) is 7.45. The van der Waals surface area contributed by atoms with Crippen molar-refractivity contribution in [3.8, 4) is 0 Å². The topological polar surface area (TPSA) is 156 Å². The van der Waals surface area contributed by atoms with Gasteiger partial charge in [-0.2, -0.15) is 23.4 Å². The molecule has 4 N–H and O–H groups in total. The summed E-state index contributed by atoms with van der Waals surface area (Å²) in [5.41, 5.74) is 1.46. The van der Waals surface area contributed by atoms with Crippen LogP contribution in [0.3, 0.4) is 0 Å². The summed E-state index contributed by atoms with van der Waals surface area (Å²) in [7, 11) is -4.10. The molecule has 1 aromatic carbocycles. The number of rotatable bonds is 9. The van der Waals surface area contributed by atoms with Gasteiger partial charge in [0.15, 0.2) is 0 Å². The molecule has 0 aliphatic rings. The van der Waals surface area contributed by atoms with Crippen LogP contribution in [-0.2, 0) is 19.5 Å². The van der Waals surface area contributed by atoms with Gasteiger partial charge in [-0.25, -0.2) is 5.26 Å². The maximum Gasteiger partial charge on any atom is 0.266 e. The van der Waals surface area contributed by atoms with Crippen molar-refractivity contribution in [1.82, 2.24) is 15.0 Å². The summed E-state index contributed by atoms with van der Waals surface area (Å²) in [6.07, 6.45) is 0. The summed E-state index contributed by atoms with van der Waals surface area (Å²) in [6, 6.07) is 5.20. The first kappa shape index (κ1) is 20.6. The standard InChI is InChI=1S/C12H14ClN5O6S2/c1-7-6-8(2-3-9(7)25-24-23-19)15-12-17-10(13)16-11(18-12)14-4-5-26(20,21)22/h2-3,6,19H,4-5H2,1H3,(H,20,21,22)(H2,14,15,16,17,18). The summed E-state index contributed by atoms with van der Waals surface area (Å²) < 4.78 is 34.5. The number of nitrogens with one attached hydrogen (secondary N) is 2. The lowest BCUT2D eigenvalue weighted by Crippen LogP contribution is -2.16. The van der Waals surface area contributed by atoms with Crippen molar-refractivity contribution < 1.29 is 27.6 Å². The van der Waals surface area contributed by atoms with Gasteiger partial charge < -0.3 is 10.6 Å².